The summed E-state index contributed by atoms with van der Waals surface area (Å²) in [5.41, 5.74) is -1.88. The predicted octanol–water partition coefficient (Wildman–Crippen LogP) is 3.58. The van der Waals surface area contributed by atoms with Crippen molar-refractivity contribution < 1.29 is 43.9 Å². The number of hydrogen-bond acceptors (Lipinski definition) is 6. The summed E-state index contributed by atoms with van der Waals surface area (Å²) in [7, 11) is -4.70. The fourth-order valence-corrected chi connectivity index (χ4v) is 5.91. The molecular formula is C22H19F7N4O3S. The second kappa shape index (κ2) is 9.56. The first-order valence-corrected chi connectivity index (χ1v) is 12.3. The van der Waals surface area contributed by atoms with Crippen LogP contribution in [-0.2, 0) is 26.6 Å². The van der Waals surface area contributed by atoms with Crippen molar-refractivity contribution in [2.24, 2.45) is 11.1 Å². The third-order valence-corrected chi connectivity index (χ3v) is 7.63. The molecule has 3 rings (SSSR count). The van der Waals surface area contributed by atoms with Gasteiger partial charge in [0.25, 0.3) is 0 Å². The molecule has 2 aromatic rings. The maximum Gasteiger partial charge on any atom is 0.433 e. The van der Waals surface area contributed by atoms with Gasteiger partial charge in [0.15, 0.2) is 9.84 Å². The normalized spacial score (nSPS) is 17.9. The van der Waals surface area contributed by atoms with E-state index in [1.54, 1.807) is 6.07 Å². The number of benzene rings is 1. The molecule has 1 aliphatic rings. The number of carbonyl (C=O) groups excluding carboxylic acids is 1. The van der Waals surface area contributed by atoms with Gasteiger partial charge in [0.05, 0.1) is 28.7 Å². The second-order valence-electron chi connectivity index (χ2n) is 8.68. The van der Waals surface area contributed by atoms with E-state index in [0.717, 1.165) is 36.4 Å². The number of nitrogens with zero attached hydrogens (tertiary/aromatic N) is 2. The SMILES string of the molecule is N#CC1([C@@](CS(=O)(=O)Cc2cccc(C(F)(F)F)n2)(N[C@@H](c2ccc(F)cc2)C(F)(F)F)C(N)=O)CC1. The molecule has 1 aliphatic carbocycles. The van der Waals surface area contributed by atoms with E-state index < -0.39 is 79.4 Å². The zero-order chi connectivity index (χ0) is 27.9. The van der Waals surface area contributed by atoms with Crippen LogP contribution < -0.4 is 11.1 Å². The van der Waals surface area contributed by atoms with Crippen LogP contribution >= 0.6 is 0 Å². The Labute approximate surface area is 206 Å². The molecule has 7 nitrogen and oxygen atoms in total. The first-order chi connectivity index (χ1) is 16.9. The van der Waals surface area contributed by atoms with Gasteiger partial charge in [-0.15, -0.1) is 0 Å². The molecule has 1 saturated carbocycles. The van der Waals surface area contributed by atoms with Crippen molar-refractivity contribution in [2.45, 2.75) is 42.5 Å². The summed E-state index contributed by atoms with van der Waals surface area (Å²) in [6.07, 6.45) is -10.4. The van der Waals surface area contributed by atoms with Crippen molar-refractivity contribution in [1.82, 2.24) is 10.3 Å². The largest absolute Gasteiger partial charge is 0.433 e. The molecule has 0 saturated heterocycles. The Balaban J connectivity index is 2.07. The van der Waals surface area contributed by atoms with Crippen LogP contribution in [-0.4, -0.2) is 36.8 Å². The van der Waals surface area contributed by atoms with E-state index in [1.807, 2.05) is 5.32 Å². The first kappa shape index (κ1) is 28.3. The molecule has 37 heavy (non-hydrogen) atoms. The Bertz CT molecular complexity index is 1320. The lowest BCUT2D eigenvalue weighted by molar-refractivity contribution is -0.165. The molecule has 0 radical (unpaired) electrons. The van der Waals surface area contributed by atoms with E-state index in [2.05, 4.69) is 4.98 Å². The van der Waals surface area contributed by atoms with E-state index in [9.17, 15) is 49.2 Å². The summed E-state index contributed by atoms with van der Waals surface area (Å²) < 4.78 is 121. The highest BCUT2D eigenvalue weighted by atomic mass is 32.2. The number of halogens is 7. The van der Waals surface area contributed by atoms with Crippen LogP contribution in [0.1, 0.15) is 35.8 Å². The smallest absolute Gasteiger partial charge is 0.368 e. The molecule has 200 valence electrons. The van der Waals surface area contributed by atoms with Gasteiger partial charge in [-0.25, -0.2) is 17.8 Å². The van der Waals surface area contributed by atoms with Gasteiger partial charge in [-0.1, -0.05) is 18.2 Å². The average molecular weight is 552 g/mol. The summed E-state index contributed by atoms with van der Waals surface area (Å²) in [4.78, 5) is 15.9. The number of rotatable bonds is 9. The minimum atomic E-state index is -5.16. The monoisotopic (exact) mass is 552 g/mol. The Kier molecular flexibility index (Phi) is 7.32. The molecule has 0 spiro atoms. The van der Waals surface area contributed by atoms with Gasteiger partial charge in [0.1, 0.15) is 23.1 Å². The summed E-state index contributed by atoms with van der Waals surface area (Å²) >= 11 is 0. The van der Waals surface area contributed by atoms with E-state index in [1.165, 1.54) is 0 Å². The Morgan fingerprint density at radius 2 is 1.70 bits per heavy atom. The van der Waals surface area contributed by atoms with Crippen LogP contribution in [0.4, 0.5) is 30.7 Å². The number of pyridine rings is 1. The van der Waals surface area contributed by atoms with Gasteiger partial charge in [-0.05, 0) is 42.7 Å². The van der Waals surface area contributed by atoms with Crippen LogP contribution in [0.3, 0.4) is 0 Å². The lowest BCUT2D eigenvalue weighted by Crippen LogP contribution is -2.67. The molecule has 0 bridgehead atoms. The molecule has 1 aromatic carbocycles. The predicted molar refractivity (Wildman–Crippen MR) is 114 cm³/mol. The molecule has 0 unspecified atom stereocenters. The minimum Gasteiger partial charge on any atom is -0.368 e. The fourth-order valence-electron chi connectivity index (χ4n) is 4.03. The third-order valence-electron chi connectivity index (χ3n) is 6.02. The summed E-state index contributed by atoms with van der Waals surface area (Å²) in [6, 6.07) is 4.35. The summed E-state index contributed by atoms with van der Waals surface area (Å²) in [6.45, 7) is 0. The van der Waals surface area contributed by atoms with Gasteiger partial charge >= 0.3 is 12.4 Å². The summed E-state index contributed by atoms with van der Waals surface area (Å²) in [5.74, 6) is -5.06. The third kappa shape index (κ3) is 6.02. The zero-order valence-electron chi connectivity index (χ0n) is 18.7. The number of hydrogen-bond donors (Lipinski definition) is 2. The molecular weight excluding hydrogens is 533 g/mol. The molecule has 1 fully saturated rings. The lowest BCUT2D eigenvalue weighted by Gasteiger charge is -2.39. The molecule has 1 aromatic heterocycles. The van der Waals surface area contributed by atoms with Crippen LogP contribution in [0.5, 0.6) is 0 Å². The molecule has 15 heteroatoms. The van der Waals surface area contributed by atoms with Crippen molar-refractivity contribution in [3.8, 4) is 6.07 Å². The van der Waals surface area contributed by atoms with E-state index in [-0.39, 0.29) is 12.8 Å². The van der Waals surface area contributed by atoms with Gasteiger partial charge in [0, 0.05) is 0 Å². The highest BCUT2D eigenvalue weighted by molar-refractivity contribution is 7.90. The molecule has 2 atom stereocenters. The van der Waals surface area contributed by atoms with E-state index >= 15 is 0 Å². The standard InChI is InChI=1S/C22H19F7N4O3S/c23-14-6-4-13(5-7-14)17(22(27,28)29)33-20(18(31)34,19(11-30)8-9-19)12-37(35,36)10-15-2-1-3-16(32-15)21(24,25)26/h1-7,17,33H,8-10,12H2,(H2,31,34)/t17-,20-/m0/s1. The molecule has 0 aliphatic heterocycles. The first-order valence-electron chi connectivity index (χ1n) is 10.5. The highest BCUT2D eigenvalue weighted by Crippen LogP contribution is 2.55. The molecule has 3 N–H and O–H groups in total. The van der Waals surface area contributed by atoms with Gasteiger partial charge in [0.2, 0.25) is 5.91 Å². The van der Waals surface area contributed by atoms with Crippen LogP contribution in [0.25, 0.3) is 0 Å². The van der Waals surface area contributed by atoms with Crippen molar-refractivity contribution in [3.63, 3.8) is 0 Å². The number of carbonyl (C=O) groups is 1. The number of nitrogens with two attached hydrogens (primary N) is 1. The zero-order valence-corrected chi connectivity index (χ0v) is 19.5. The highest BCUT2D eigenvalue weighted by Gasteiger charge is 2.67. The Morgan fingerprint density at radius 1 is 1.11 bits per heavy atom. The fraction of sp³-hybridized carbons (Fsp3) is 0.409. The molecule has 1 heterocycles. The van der Waals surface area contributed by atoms with Crippen molar-refractivity contribution in [3.05, 3.63) is 65.2 Å². The number of aromatic nitrogens is 1. The maximum atomic E-state index is 14.1. The number of amides is 1. The minimum absolute atomic E-state index is 0.176. The van der Waals surface area contributed by atoms with Crippen LogP contribution in [0.2, 0.25) is 0 Å². The van der Waals surface area contributed by atoms with Crippen LogP contribution in [0, 0.1) is 22.6 Å². The number of primary amides is 1. The van der Waals surface area contributed by atoms with Gasteiger partial charge < -0.3 is 5.73 Å². The molecule has 1 amide bonds. The quantitative estimate of drug-likeness (QED) is 0.458. The average Bonchev–Trinajstić information content (AvgIpc) is 3.57. The number of sulfone groups is 1. The van der Waals surface area contributed by atoms with E-state index in [4.69, 9.17) is 5.73 Å². The van der Waals surface area contributed by atoms with Gasteiger partial charge in [-0.3, -0.25) is 10.1 Å². The van der Waals surface area contributed by atoms with Gasteiger partial charge in [-0.2, -0.15) is 31.6 Å². The van der Waals surface area contributed by atoms with Crippen molar-refractivity contribution in [2.75, 3.05) is 5.75 Å². The number of alkyl halides is 6. The van der Waals surface area contributed by atoms with Crippen molar-refractivity contribution >= 4 is 15.7 Å². The topological polar surface area (TPSA) is 126 Å². The maximum absolute atomic E-state index is 14.1. The van der Waals surface area contributed by atoms with E-state index in [0.29, 0.717) is 6.07 Å². The van der Waals surface area contributed by atoms with Crippen molar-refractivity contribution in [1.29, 1.82) is 5.26 Å². The lowest BCUT2D eigenvalue weighted by atomic mass is 9.81. The Morgan fingerprint density at radius 3 is 2.16 bits per heavy atom. The number of nitrogens with one attached hydrogen (secondary N) is 1. The summed E-state index contributed by atoms with van der Waals surface area (Å²) in [5, 5.41) is 11.7. The van der Waals surface area contributed by atoms with Crippen LogP contribution in [0.15, 0.2) is 42.5 Å². The second-order valence-corrected chi connectivity index (χ2v) is 10.7. The Hall–Kier alpha value is -3.25. The number of nitriles is 1.